The van der Waals surface area contributed by atoms with Gasteiger partial charge in [-0.1, -0.05) is 6.07 Å². The van der Waals surface area contributed by atoms with E-state index in [0.717, 1.165) is 24.2 Å². The molecule has 0 saturated carbocycles. The van der Waals surface area contributed by atoms with Crippen LogP contribution in [-0.2, 0) is 13.0 Å². The third kappa shape index (κ3) is 4.71. The lowest BCUT2D eigenvalue weighted by Gasteiger charge is -2.05. The lowest BCUT2D eigenvalue weighted by molar-refractivity contribution is 0.856. The van der Waals surface area contributed by atoms with E-state index in [9.17, 15) is 0 Å². The molecule has 0 radical (unpaired) electrons. The molecule has 4 nitrogen and oxygen atoms in total. The van der Waals surface area contributed by atoms with E-state index in [1.54, 1.807) is 17.5 Å². The Morgan fingerprint density at radius 3 is 3.11 bits per heavy atom. The largest absolute Gasteiger partial charge is 0.370 e. The predicted molar refractivity (Wildman–Crippen MR) is 80.3 cm³/mol. The number of aliphatic imine (C=N–C) groups is 1. The maximum absolute atomic E-state index is 5.83. The van der Waals surface area contributed by atoms with Crippen molar-refractivity contribution in [3.8, 4) is 0 Å². The Labute approximate surface area is 117 Å². The molecule has 0 aliphatic rings. The average molecular weight is 274 g/mol. The fraction of sp³-hybridized carbons (Fsp3) is 0.286. The summed E-state index contributed by atoms with van der Waals surface area (Å²) in [5.74, 6) is 0.492. The number of aryl methyl sites for hydroxylation is 1. The molecule has 0 spiro atoms. The summed E-state index contributed by atoms with van der Waals surface area (Å²) in [6, 6.07) is 8.15. The second-order valence-corrected chi connectivity index (χ2v) is 5.30. The van der Waals surface area contributed by atoms with Gasteiger partial charge in [-0.25, -0.2) is 4.99 Å². The van der Waals surface area contributed by atoms with Crippen LogP contribution in [0.25, 0.3) is 0 Å². The summed E-state index contributed by atoms with van der Waals surface area (Å²) in [5.41, 5.74) is 7.94. The third-order valence-corrected chi connectivity index (χ3v) is 3.59. The van der Waals surface area contributed by atoms with E-state index in [1.807, 2.05) is 19.1 Å². The van der Waals surface area contributed by atoms with Gasteiger partial charge in [0.15, 0.2) is 5.96 Å². The van der Waals surface area contributed by atoms with Gasteiger partial charge in [-0.3, -0.25) is 4.98 Å². The van der Waals surface area contributed by atoms with Crippen LogP contribution in [0.4, 0.5) is 0 Å². The molecule has 0 atom stereocenters. The normalized spacial score (nSPS) is 11.5. The zero-order valence-electron chi connectivity index (χ0n) is 11.0. The standard InChI is InChI=1S/C14H18N4S/c1-11-9-12(4-6-16-11)10-18-14(15)17-7-5-13-3-2-8-19-13/h2-4,6,8-9H,5,7,10H2,1H3,(H3,15,17,18). The first-order valence-corrected chi connectivity index (χ1v) is 7.10. The molecule has 2 rings (SSSR count). The molecule has 3 N–H and O–H groups in total. The number of nitrogens with one attached hydrogen (secondary N) is 1. The van der Waals surface area contributed by atoms with Crippen molar-refractivity contribution < 1.29 is 0 Å². The SMILES string of the molecule is Cc1cc(CN=C(N)NCCc2cccs2)ccn1. The van der Waals surface area contributed by atoms with Gasteiger partial charge in [-0.15, -0.1) is 11.3 Å². The van der Waals surface area contributed by atoms with Gasteiger partial charge in [0.05, 0.1) is 6.54 Å². The van der Waals surface area contributed by atoms with Crippen molar-refractivity contribution in [2.45, 2.75) is 19.9 Å². The lowest BCUT2D eigenvalue weighted by atomic mass is 10.2. The molecule has 2 aromatic rings. The maximum atomic E-state index is 5.83. The van der Waals surface area contributed by atoms with Crippen LogP contribution in [0.3, 0.4) is 0 Å². The van der Waals surface area contributed by atoms with Gasteiger partial charge in [0.1, 0.15) is 0 Å². The zero-order valence-corrected chi connectivity index (χ0v) is 11.8. The van der Waals surface area contributed by atoms with E-state index in [0.29, 0.717) is 12.5 Å². The smallest absolute Gasteiger partial charge is 0.188 e. The van der Waals surface area contributed by atoms with Crippen molar-refractivity contribution >= 4 is 17.3 Å². The zero-order chi connectivity index (χ0) is 13.5. The predicted octanol–water partition coefficient (Wildman–Crippen LogP) is 2.10. The van der Waals surface area contributed by atoms with E-state index >= 15 is 0 Å². The molecule has 0 saturated heterocycles. The molecular weight excluding hydrogens is 256 g/mol. The molecule has 0 amide bonds. The Kier molecular flexibility index (Phi) is 4.92. The van der Waals surface area contributed by atoms with Gasteiger partial charge in [-0.05, 0) is 42.5 Å². The first-order valence-electron chi connectivity index (χ1n) is 6.22. The molecule has 100 valence electrons. The number of aromatic nitrogens is 1. The lowest BCUT2D eigenvalue weighted by Crippen LogP contribution is -2.33. The fourth-order valence-electron chi connectivity index (χ4n) is 1.70. The van der Waals surface area contributed by atoms with Gasteiger partial charge in [0, 0.05) is 23.3 Å². The van der Waals surface area contributed by atoms with E-state index < -0.39 is 0 Å². The molecule has 0 aliphatic heterocycles. The Morgan fingerprint density at radius 1 is 1.47 bits per heavy atom. The Morgan fingerprint density at radius 2 is 2.37 bits per heavy atom. The molecule has 2 aromatic heterocycles. The van der Waals surface area contributed by atoms with Gasteiger partial charge >= 0.3 is 0 Å². The summed E-state index contributed by atoms with van der Waals surface area (Å²) >= 11 is 1.76. The molecule has 19 heavy (non-hydrogen) atoms. The highest BCUT2D eigenvalue weighted by Gasteiger charge is 1.96. The quantitative estimate of drug-likeness (QED) is 0.648. The number of thiophene rings is 1. The summed E-state index contributed by atoms with van der Waals surface area (Å²) in [5, 5.41) is 5.21. The molecule has 0 aliphatic carbocycles. The summed E-state index contributed by atoms with van der Waals surface area (Å²) in [4.78, 5) is 9.82. The molecular formula is C14H18N4S. The van der Waals surface area contributed by atoms with E-state index in [-0.39, 0.29) is 0 Å². The second-order valence-electron chi connectivity index (χ2n) is 4.26. The summed E-state index contributed by atoms with van der Waals surface area (Å²) in [6.07, 6.45) is 2.77. The molecule has 0 bridgehead atoms. The second kappa shape index (κ2) is 6.89. The molecule has 5 heteroatoms. The molecule has 2 heterocycles. The molecule has 0 unspecified atom stereocenters. The van der Waals surface area contributed by atoms with E-state index in [2.05, 4.69) is 32.8 Å². The van der Waals surface area contributed by atoms with Crippen LogP contribution in [-0.4, -0.2) is 17.5 Å². The number of rotatable bonds is 5. The van der Waals surface area contributed by atoms with Gasteiger partial charge < -0.3 is 11.1 Å². The number of guanidine groups is 1. The number of nitrogens with zero attached hydrogens (tertiary/aromatic N) is 2. The first-order chi connectivity index (χ1) is 9.24. The molecule has 0 aromatic carbocycles. The monoisotopic (exact) mass is 274 g/mol. The van der Waals surface area contributed by atoms with Crippen LogP contribution in [0.1, 0.15) is 16.1 Å². The van der Waals surface area contributed by atoms with Crippen molar-refractivity contribution in [3.63, 3.8) is 0 Å². The van der Waals surface area contributed by atoms with Crippen molar-refractivity contribution in [1.29, 1.82) is 0 Å². The van der Waals surface area contributed by atoms with Gasteiger partial charge in [0.25, 0.3) is 0 Å². The van der Waals surface area contributed by atoms with Crippen LogP contribution in [0.5, 0.6) is 0 Å². The Bertz CT molecular complexity index is 534. The highest BCUT2D eigenvalue weighted by molar-refractivity contribution is 7.09. The summed E-state index contributed by atoms with van der Waals surface area (Å²) < 4.78 is 0. The third-order valence-electron chi connectivity index (χ3n) is 2.65. The fourth-order valence-corrected chi connectivity index (χ4v) is 2.41. The van der Waals surface area contributed by atoms with Crippen LogP contribution >= 0.6 is 11.3 Å². The Hall–Kier alpha value is -1.88. The highest BCUT2D eigenvalue weighted by atomic mass is 32.1. The van der Waals surface area contributed by atoms with E-state index in [1.165, 1.54) is 4.88 Å². The van der Waals surface area contributed by atoms with Crippen LogP contribution in [0.15, 0.2) is 40.8 Å². The number of hydrogen-bond donors (Lipinski definition) is 2. The molecule has 0 fully saturated rings. The van der Waals surface area contributed by atoms with E-state index in [4.69, 9.17) is 5.73 Å². The minimum Gasteiger partial charge on any atom is -0.370 e. The minimum atomic E-state index is 0.492. The van der Waals surface area contributed by atoms with Crippen LogP contribution in [0.2, 0.25) is 0 Å². The Balaban J connectivity index is 1.76. The summed E-state index contributed by atoms with van der Waals surface area (Å²) in [6.45, 7) is 3.36. The number of nitrogens with two attached hydrogens (primary N) is 1. The van der Waals surface area contributed by atoms with Crippen molar-refractivity contribution in [1.82, 2.24) is 10.3 Å². The van der Waals surface area contributed by atoms with Crippen LogP contribution in [0, 0.1) is 6.92 Å². The first kappa shape index (κ1) is 13.5. The highest BCUT2D eigenvalue weighted by Crippen LogP contribution is 2.08. The number of pyridine rings is 1. The van der Waals surface area contributed by atoms with Crippen molar-refractivity contribution in [2.75, 3.05) is 6.54 Å². The van der Waals surface area contributed by atoms with Crippen LogP contribution < -0.4 is 11.1 Å². The number of hydrogen-bond acceptors (Lipinski definition) is 3. The van der Waals surface area contributed by atoms with Crippen molar-refractivity contribution in [3.05, 3.63) is 52.0 Å². The van der Waals surface area contributed by atoms with Gasteiger partial charge in [0.2, 0.25) is 0 Å². The topological polar surface area (TPSA) is 63.3 Å². The van der Waals surface area contributed by atoms with Gasteiger partial charge in [-0.2, -0.15) is 0 Å². The summed E-state index contributed by atoms with van der Waals surface area (Å²) in [7, 11) is 0. The maximum Gasteiger partial charge on any atom is 0.188 e. The minimum absolute atomic E-state index is 0.492. The average Bonchev–Trinajstić information content (AvgIpc) is 2.90. The van der Waals surface area contributed by atoms with Crippen molar-refractivity contribution in [2.24, 2.45) is 10.7 Å².